The maximum absolute atomic E-state index is 13.1. The number of benzene rings is 1. The first-order valence-electron chi connectivity index (χ1n) is 5.10. The highest BCUT2D eigenvalue weighted by Gasteiger charge is 2.20. The first kappa shape index (κ1) is 9.50. The molecular formula is C12H15FO. The smallest absolute Gasteiger partial charge is 0.126 e. The van der Waals surface area contributed by atoms with Gasteiger partial charge in [0.1, 0.15) is 11.6 Å². The van der Waals surface area contributed by atoms with Crippen molar-refractivity contribution in [3.05, 3.63) is 29.1 Å². The summed E-state index contributed by atoms with van der Waals surface area (Å²) in [5.41, 5.74) is 1.55. The minimum atomic E-state index is -0.150. The van der Waals surface area contributed by atoms with Crippen molar-refractivity contribution < 1.29 is 9.13 Å². The van der Waals surface area contributed by atoms with E-state index in [1.807, 2.05) is 6.92 Å². The predicted molar refractivity (Wildman–Crippen MR) is 54.1 cm³/mol. The number of ether oxygens (including phenoxy) is 1. The van der Waals surface area contributed by atoms with Gasteiger partial charge in [0.05, 0.1) is 6.10 Å². The highest BCUT2D eigenvalue weighted by Crippen LogP contribution is 2.28. The molecule has 1 aromatic carbocycles. The SMILES string of the molecule is Cc1cc(OC2CCC2)c(C)cc1F. The lowest BCUT2D eigenvalue weighted by atomic mass is 9.96. The van der Waals surface area contributed by atoms with Crippen LogP contribution in [0.4, 0.5) is 4.39 Å². The summed E-state index contributed by atoms with van der Waals surface area (Å²) in [4.78, 5) is 0. The Hall–Kier alpha value is -1.05. The van der Waals surface area contributed by atoms with Gasteiger partial charge in [-0.2, -0.15) is 0 Å². The van der Waals surface area contributed by atoms with Crippen LogP contribution in [0.25, 0.3) is 0 Å². The van der Waals surface area contributed by atoms with Crippen molar-refractivity contribution in [2.75, 3.05) is 0 Å². The van der Waals surface area contributed by atoms with Gasteiger partial charge in [-0.15, -0.1) is 0 Å². The van der Waals surface area contributed by atoms with Crippen molar-refractivity contribution in [3.8, 4) is 5.75 Å². The molecule has 2 rings (SSSR count). The van der Waals surface area contributed by atoms with Crippen LogP contribution < -0.4 is 4.74 Å². The van der Waals surface area contributed by atoms with Crippen LogP contribution in [0, 0.1) is 19.7 Å². The van der Waals surface area contributed by atoms with E-state index in [4.69, 9.17) is 4.74 Å². The molecule has 1 fully saturated rings. The van der Waals surface area contributed by atoms with Crippen molar-refractivity contribution in [2.24, 2.45) is 0 Å². The van der Waals surface area contributed by atoms with E-state index < -0.39 is 0 Å². The Morgan fingerprint density at radius 3 is 2.50 bits per heavy atom. The number of rotatable bonds is 2. The van der Waals surface area contributed by atoms with E-state index in [2.05, 4.69) is 0 Å². The molecule has 1 aliphatic carbocycles. The summed E-state index contributed by atoms with van der Waals surface area (Å²) in [6, 6.07) is 3.34. The van der Waals surface area contributed by atoms with Gasteiger partial charge in [0, 0.05) is 0 Å². The monoisotopic (exact) mass is 194 g/mol. The molecule has 0 spiro atoms. The fourth-order valence-corrected chi connectivity index (χ4v) is 1.55. The van der Waals surface area contributed by atoms with Crippen LogP contribution in [0.2, 0.25) is 0 Å². The zero-order valence-corrected chi connectivity index (χ0v) is 8.64. The van der Waals surface area contributed by atoms with Crippen molar-refractivity contribution in [3.63, 3.8) is 0 Å². The normalized spacial score (nSPS) is 16.5. The predicted octanol–water partition coefficient (Wildman–Crippen LogP) is 3.37. The van der Waals surface area contributed by atoms with Crippen molar-refractivity contribution in [2.45, 2.75) is 39.2 Å². The highest BCUT2D eigenvalue weighted by molar-refractivity contribution is 5.37. The van der Waals surface area contributed by atoms with Gasteiger partial charge in [0.15, 0.2) is 0 Å². The average Bonchev–Trinajstić information content (AvgIpc) is 2.06. The number of hydrogen-bond acceptors (Lipinski definition) is 1. The second-order valence-electron chi connectivity index (χ2n) is 4.04. The highest BCUT2D eigenvalue weighted by atomic mass is 19.1. The van der Waals surface area contributed by atoms with Gasteiger partial charge in [-0.1, -0.05) is 0 Å². The van der Waals surface area contributed by atoms with Gasteiger partial charge >= 0.3 is 0 Å². The third-order valence-corrected chi connectivity index (χ3v) is 2.80. The Kier molecular flexibility index (Phi) is 2.44. The van der Waals surface area contributed by atoms with Crippen LogP contribution in [0.15, 0.2) is 12.1 Å². The fraction of sp³-hybridized carbons (Fsp3) is 0.500. The van der Waals surface area contributed by atoms with Crippen LogP contribution in [-0.2, 0) is 0 Å². The fourth-order valence-electron chi connectivity index (χ4n) is 1.55. The molecular weight excluding hydrogens is 179 g/mol. The Balaban J connectivity index is 2.19. The Labute approximate surface area is 83.9 Å². The van der Waals surface area contributed by atoms with E-state index in [1.54, 1.807) is 19.1 Å². The third kappa shape index (κ3) is 1.74. The Bertz CT molecular complexity index is 342. The lowest BCUT2D eigenvalue weighted by Crippen LogP contribution is -2.24. The minimum Gasteiger partial charge on any atom is -0.490 e. The topological polar surface area (TPSA) is 9.23 Å². The molecule has 0 amide bonds. The maximum Gasteiger partial charge on any atom is 0.126 e. The summed E-state index contributed by atoms with van der Waals surface area (Å²) in [5.74, 6) is 0.692. The summed E-state index contributed by atoms with van der Waals surface area (Å²) < 4.78 is 18.9. The van der Waals surface area contributed by atoms with Gasteiger partial charge in [0.2, 0.25) is 0 Å². The summed E-state index contributed by atoms with van der Waals surface area (Å²) in [7, 11) is 0. The number of aryl methyl sites for hydroxylation is 2. The summed E-state index contributed by atoms with van der Waals surface area (Å²) in [6.45, 7) is 3.65. The van der Waals surface area contributed by atoms with E-state index in [9.17, 15) is 4.39 Å². The lowest BCUT2D eigenvalue weighted by Gasteiger charge is -2.27. The van der Waals surface area contributed by atoms with Gasteiger partial charge in [0.25, 0.3) is 0 Å². The first-order valence-corrected chi connectivity index (χ1v) is 5.10. The molecule has 0 heterocycles. The molecule has 1 aromatic rings. The standard InChI is InChI=1S/C12H15FO/c1-8-7-12(9(2)6-11(8)13)14-10-4-3-5-10/h6-7,10H,3-5H2,1-2H3. The molecule has 0 radical (unpaired) electrons. The molecule has 0 saturated heterocycles. The summed E-state index contributed by atoms with van der Waals surface area (Å²) in [6.07, 6.45) is 3.88. The van der Waals surface area contributed by atoms with Crippen LogP contribution >= 0.6 is 0 Å². The molecule has 1 nitrogen and oxygen atoms in total. The molecule has 0 atom stereocenters. The molecule has 1 saturated carbocycles. The Morgan fingerprint density at radius 2 is 1.93 bits per heavy atom. The molecule has 0 aromatic heterocycles. The number of halogens is 1. The maximum atomic E-state index is 13.1. The van der Waals surface area contributed by atoms with Crippen molar-refractivity contribution in [1.29, 1.82) is 0 Å². The van der Waals surface area contributed by atoms with Crippen molar-refractivity contribution in [1.82, 2.24) is 0 Å². The van der Waals surface area contributed by atoms with Crippen LogP contribution in [0.1, 0.15) is 30.4 Å². The van der Waals surface area contributed by atoms with Gasteiger partial charge in [-0.05, 0) is 56.4 Å². The van der Waals surface area contributed by atoms with E-state index in [0.29, 0.717) is 11.7 Å². The quantitative estimate of drug-likeness (QED) is 0.701. The van der Waals surface area contributed by atoms with E-state index in [0.717, 1.165) is 24.2 Å². The second kappa shape index (κ2) is 3.60. The minimum absolute atomic E-state index is 0.150. The molecule has 2 heteroatoms. The molecule has 14 heavy (non-hydrogen) atoms. The Morgan fingerprint density at radius 1 is 1.21 bits per heavy atom. The zero-order chi connectivity index (χ0) is 10.1. The largest absolute Gasteiger partial charge is 0.490 e. The first-order chi connectivity index (χ1) is 6.66. The average molecular weight is 194 g/mol. The van der Waals surface area contributed by atoms with Crippen LogP contribution in [-0.4, -0.2) is 6.10 Å². The van der Waals surface area contributed by atoms with Crippen molar-refractivity contribution >= 4 is 0 Å². The van der Waals surface area contributed by atoms with Gasteiger partial charge in [-0.3, -0.25) is 0 Å². The molecule has 0 N–H and O–H groups in total. The van der Waals surface area contributed by atoms with Crippen LogP contribution in [0.5, 0.6) is 5.75 Å². The molecule has 1 aliphatic rings. The summed E-state index contributed by atoms with van der Waals surface area (Å²) >= 11 is 0. The van der Waals surface area contributed by atoms with E-state index in [-0.39, 0.29) is 5.82 Å². The molecule has 0 aliphatic heterocycles. The molecule has 0 unspecified atom stereocenters. The van der Waals surface area contributed by atoms with Gasteiger partial charge < -0.3 is 4.74 Å². The van der Waals surface area contributed by atoms with Crippen LogP contribution in [0.3, 0.4) is 0 Å². The zero-order valence-electron chi connectivity index (χ0n) is 8.64. The van der Waals surface area contributed by atoms with Gasteiger partial charge in [-0.25, -0.2) is 4.39 Å². The second-order valence-corrected chi connectivity index (χ2v) is 4.04. The van der Waals surface area contributed by atoms with E-state index >= 15 is 0 Å². The molecule has 0 bridgehead atoms. The third-order valence-electron chi connectivity index (χ3n) is 2.80. The molecule has 76 valence electrons. The van der Waals surface area contributed by atoms with E-state index in [1.165, 1.54) is 6.42 Å². The summed E-state index contributed by atoms with van der Waals surface area (Å²) in [5, 5.41) is 0. The lowest BCUT2D eigenvalue weighted by molar-refractivity contribution is 0.119. The number of hydrogen-bond donors (Lipinski definition) is 0.